The van der Waals surface area contributed by atoms with Crippen LogP contribution in [-0.4, -0.2) is 25.7 Å². The van der Waals surface area contributed by atoms with Crippen LogP contribution in [0.3, 0.4) is 0 Å². The van der Waals surface area contributed by atoms with Crippen LogP contribution >= 0.6 is 11.6 Å². The molecule has 0 aromatic heterocycles. The molecule has 1 atom stereocenters. The summed E-state index contributed by atoms with van der Waals surface area (Å²) in [5, 5.41) is 6.57. The third-order valence-corrected chi connectivity index (χ3v) is 4.40. The van der Waals surface area contributed by atoms with Crippen molar-refractivity contribution in [3.63, 3.8) is 0 Å². The molecule has 1 unspecified atom stereocenters. The third kappa shape index (κ3) is 4.35. The standard InChI is InChI=1S/C16H23ClN2O2/c1-16(21-2,12-6-5-7-13(17)10-12)11-18-15(20)19-14-8-3-4-9-14/h5-7,10,14H,3-4,8-9,11H2,1-2H3,(H2,18,19,20). The van der Waals surface area contributed by atoms with Crippen LogP contribution < -0.4 is 10.6 Å². The summed E-state index contributed by atoms with van der Waals surface area (Å²) < 4.78 is 5.60. The molecular weight excluding hydrogens is 288 g/mol. The van der Waals surface area contributed by atoms with E-state index in [2.05, 4.69) is 10.6 Å². The normalized spacial score (nSPS) is 18.2. The summed E-state index contributed by atoms with van der Waals surface area (Å²) in [4.78, 5) is 12.0. The van der Waals surface area contributed by atoms with Gasteiger partial charge >= 0.3 is 6.03 Å². The fourth-order valence-electron chi connectivity index (χ4n) is 2.67. The van der Waals surface area contributed by atoms with E-state index in [4.69, 9.17) is 16.3 Å². The molecule has 0 saturated heterocycles. The van der Waals surface area contributed by atoms with E-state index in [0.717, 1.165) is 18.4 Å². The molecule has 1 saturated carbocycles. The zero-order valence-electron chi connectivity index (χ0n) is 12.6. The molecule has 21 heavy (non-hydrogen) atoms. The lowest BCUT2D eigenvalue weighted by Crippen LogP contribution is -2.46. The monoisotopic (exact) mass is 310 g/mol. The van der Waals surface area contributed by atoms with E-state index >= 15 is 0 Å². The predicted molar refractivity (Wildman–Crippen MR) is 84.6 cm³/mol. The molecule has 2 rings (SSSR count). The Balaban J connectivity index is 1.93. The Kier molecular flexibility index (Phi) is 5.48. The lowest BCUT2D eigenvalue weighted by atomic mass is 9.96. The van der Waals surface area contributed by atoms with Crippen LogP contribution in [0.4, 0.5) is 4.79 Å². The van der Waals surface area contributed by atoms with Crippen LogP contribution in [0.25, 0.3) is 0 Å². The highest BCUT2D eigenvalue weighted by Crippen LogP contribution is 2.26. The molecule has 2 N–H and O–H groups in total. The average molecular weight is 311 g/mol. The van der Waals surface area contributed by atoms with Crippen molar-refractivity contribution in [2.24, 2.45) is 0 Å². The highest BCUT2D eigenvalue weighted by molar-refractivity contribution is 6.30. The SMILES string of the molecule is COC(C)(CNC(=O)NC1CCCC1)c1cccc(Cl)c1. The fourth-order valence-corrected chi connectivity index (χ4v) is 2.86. The second-order valence-corrected chi connectivity index (χ2v) is 6.19. The van der Waals surface area contributed by atoms with Gasteiger partial charge in [0.15, 0.2) is 0 Å². The zero-order valence-corrected chi connectivity index (χ0v) is 13.4. The van der Waals surface area contributed by atoms with Crippen molar-refractivity contribution >= 4 is 17.6 Å². The van der Waals surface area contributed by atoms with Crippen molar-refractivity contribution in [3.05, 3.63) is 34.9 Å². The Labute approximate surface area is 131 Å². The first-order valence-electron chi connectivity index (χ1n) is 7.39. The lowest BCUT2D eigenvalue weighted by Gasteiger charge is -2.29. The summed E-state index contributed by atoms with van der Waals surface area (Å²) in [6.07, 6.45) is 4.54. The molecular formula is C16H23ClN2O2. The number of carbonyl (C=O) groups is 1. The van der Waals surface area contributed by atoms with Crippen LogP contribution in [0, 0.1) is 0 Å². The van der Waals surface area contributed by atoms with E-state index in [1.807, 2.05) is 31.2 Å². The molecule has 0 heterocycles. The van der Waals surface area contributed by atoms with E-state index < -0.39 is 5.60 Å². The number of benzene rings is 1. The Bertz CT molecular complexity index is 489. The van der Waals surface area contributed by atoms with Gasteiger partial charge in [-0.2, -0.15) is 0 Å². The van der Waals surface area contributed by atoms with Gasteiger partial charge in [0.2, 0.25) is 0 Å². The van der Waals surface area contributed by atoms with Crippen LogP contribution in [0.2, 0.25) is 5.02 Å². The Hall–Kier alpha value is -1.26. The topological polar surface area (TPSA) is 50.4 Å². The lowest BCUT2D eigenvalue weighted by molar-refractivity contribution is 0.00482. The Morgan fingerprint density at radius 2 is 2.14 bits per heavy atom. The predicted octanol–water partition coefficient (Wildman–Crippen LogP) is 3.44. The summed E-state index contributed by atoms with van der Waals surface area (Å²) in [6.45, 7) is 2.33. The molecule has 0 aliphatic heterocycles. The molecule has 0 radical (unpaired) electrons. The van der Waals surface area contributed by atoms with Gasteiger partial charge in [0.05, 0.1) is 6.54 Å². The van der Waals surface area contributed by atoms with Crippen molar-refractivity contribution in [1.82, 2.24) is 10.6 Å². The molecule has 2 amide bonds. The summed E-state index contributed by atoms with van der Waals surface area (Å²) in [5.74, 6) is 0. The van der Waals surface area contributed by atoms with Crippen molar-refractivity contribution in [2.75, 3.05) is 13.7 Å². The maximum absolute atomic E-state index is 12.0. The number of hydrogen-bond acceptors (Lipinski definition) is 2. The number of methoxy groups -OCH3 is 1. The smallest absolute Gasteiger partial charge is 0.315 e. The van der Waals surface area contributed by atoms with Gasteiger partial charge in [-0.15, -0.1) is 0 Å². The fraction of sp³-hybridized carbons (Fsp3) is 0.562. The van der Waals surface area contributed by atoms with Gasteiger partial charge in [-0.05, 0) is 37.5 Å². The Morgan fingerprint density at radius 1 is 1.43 bits per heavy atom. The minimum atomic E-state index is -0.599. The van der Waals surface area contributed by atoms with Crippen molar-refractivity contribution in [3.8, 4) is 0 Å². The molecule has 1 aromatic rings. The molecule has 1 aromatic carbocycles. The van der Waals surface area contributed by atoms with Crippen molar-refractivity contribution in [1.29, 1.82) is 0 Å². The number of urea groups is 1. The highest BCUT2D eigenvalue weighted by atomic mass is 35.5. The van der Waals surface area contributed by atoms with Gasteiger partial charge in [-0.3, -0.25) is 0 Å². The zero-order chi connectivity index (χ0) is 15.3. The van der Waals surface area contributed by atoms with E-state index in [1.54, 1.807) is 7.11 Å². The van der Waals surface area contributed by atoms with E-state index in [1.165, 1.54) is 12.8 Å². The van der Waals surface area contributed by atoms with Crippen LogP contribution in [0.5, 0.6) is 0 Å². The second-order valence-electron chi connectivity index (χ2n) is 5.75. The highest BCUT2D eigenvalue weighted by Gasteiger charge is 2.27. The second kappa shape index (κ2) is 7.14. The first-order valence-corrected chi connectivity index (χ1v) is 7.77. The van der Waals surface area contributed by atoms with Gasteiger partial charge < -0.3 is 15.4 Å². The quantitative estimate of drug-likeness (QED) is 0.875. The summed E-state index contributed by atoms with van der Waals surface area (Å²) in [7, 11) is 1.64. The molecule has 5 heteroatoms. The van der Waals surface area contributed by atoms with Crippen LogP contribution in [0.1, 0.15) is 38.2 Å². The number of hydrogen-bond donors (Lipinski definition) is 2. The summed E-state index contributed by atoms with van der Waals surface area (Å²) in [5.41, 5.74) is 0.344. The number of amides is 2. The van der Waals surface area contributed by atoms with Gasteiger partial charge in [-0.25, -0.2) is 4.79 Å². The number of carbonyl (C=O) groups excluding carboxylic acids is 1. The maximum Gasteiger partial charge on any atom is 0.315 e. The first kappa shape index (κ1) is 16.1. The van der Waals surface area contributed by atoms with Crippen molar-refractivity contribution in [2.45, 2.75) is 44.2 Å². The first-order chi connectivity index (χ1) is 10.0. The van der Waals surface area contributed by atoms with Gasteiger partial charge in [0.1, 0.15) is 5.60 Å². The maximum atomic E-state index is 12.0. The number of halogens is 1. The van der Waals surface area contributed by atoms with Crippen molar-refractivity contribution < 1.29 is 9.53 Å². The summed E-state index contributed by atoms with van der Waals surface area (Å²) in [6, 6.07) is 7.69. The largest absolute Gasteiger partial charge is 0.372 e. The number of ether oxygens (including phenoxy) is 1. The number of rotatable bonds is 5. The molecule has 0 spiro atoms. The van der Waals surface area contributed by atoms with Gasteiger partial charge in [0.25, 0.3) is 0 Å². The summed E-state index contributed by atoms with van der Waals surface area (Å²) >= 11 is 6.03. The average Bonchev–Trinajstić information content (AvgIpc) is 2.97. The van der Waals surface area contributed by atoms with E-state index in [9.17, 15) is 4.79 Å². The van der Waals surface area contributed by atoms with Gasteiger partial charge in [0, 0.05) is 18.2 Å². The van der Waals surface area contributed by atoms with E-state index in [0.29, 0.717) is 17.6 Å². The Morgan fingerprint density at radius 3 is 2.76 bits per heavy atom. The van der Waals surface area contributed by atoms with Gasteiger partial charge in [-0.1, -0.05) is 36.6 Å². The minimum absolute atomic E-state index is 0.132. The van der Waals surface area contributed by atoms with E-state index in [-0.39, 0.29) is 6.03 Å². The minimum Gasteiger partial charge on any atom is -0.372 e. The molecule has 1 aliphatic rings. The van der Waals surface area contributed by atoms with Crippen LogP contribution in [-0.2, 0) is 10.3 Å². The third-order valence-electron chi connectivity index (χ3n) is 4.16. The van der Waals surface area contributed by atoms with Crippen LogP contribution in [0.15, 0.2) is 24.3 Å². The number of nitrogens with one attached hydrogen (secondary N) is 2. The molecule has 116 valence electrons. The molecule has 0 bridgehead atoms. The molecule has 4 nitrogen and oxygen atoms in total. The molecule has 1 aliphatic carbocycles. The molecule has 1 fully saturated rings.